The third kappa shape index (κ3) is 5.05. The summed E-state index contributed by atoms with van der Waals surface area (Å²) in [7, 11) is 0. The van der Waals surface area contributed by atoms with Gasteiger partial charge in [0.25, 0.3) is 0 Å². The molecular weight excluding hydrogens is 681 g/mol. The van der Waals surface area contributed by atoms with Crippen molar-refractivity contribution in [3.63, 3.8) is 0 Å². The van der Waals surface area contributed by atoms with Crippen LogP contribution in [0.1, 0.15) is 45.8 Å². The standard InChI is InChI=1S/C53H36N2O/c1-3-15-36(16-4-1)40-19-7-8-22-43(40)49-34-48(37-17-5-2-6-18-37)54-52(55-49)38-29-27-35(28-30-38)39-31-32-47-51(33-39)56-50-26-14-13-25-46(50)53(47)44-23-11-9-20-41(44)42-21-10-12-24-45(42)53/h1-18,20-34,40H,19H2. The second kappa shape index (κ2) is 13.0. The van der Waals surface area contributed by atoms with Crippen LogP contribution in [0.2, 0.25) is 0 Å². The zero-order valence-electron chi connectivity index (χ0n) is 30.6. The highest BCUT2D eigenvalue weighted by Crippen LogP contribution is 2.62. The van der Waals surface area contributed by atoms with Crippen LogP contribution in [-0.2, 0) is 5.41 Å². The Balaban J connectivity index is 1.00. The van der Waals surface area contributed by atoms with Crippen LogP contribution in [0.5, 0.6) is 11.5 Å². The first-order valence-electron chi connectivity index (χ1n) is 19.3. The molecular formula is C53H36N2O. The van der Waals surface area contributed by atoms with Crippen LogP contribution in [-0.4, -0.2) is 9.97 Å². The maximum absolute atomic E-state index is 6.79. The molecule has 1 aliphatic heterocycles. The molecule has 0 saturated heterocycles. The van der Waals surface area contributed by atoms with Crippen molar-refractivity contribution < 1.29 is 4.74 Å². The second-order valence-electron chi connectivity index (χ2n) is 14.8. The molecule has 56 heavy (non-hydrogen) atoms. The Morgan fingerprint density at radius 2 is 1.05 bits per heavy atom. The van der Waals surface area contributed by atoms with Gasteiger partial charge in [0.05, 0.1) is 16.8 Å². The van der Waals surface area contributed by atoms with Gasteiger partial charge in [-0.15, -0.1) is 0 Å². The molecule has 2 heterocycles. The van der Waals surface area contributed by atoms with Gasteiger partial charge in [0.1, 0.15) is 11.5 Å². The van der Waals surface area contributed by atoms with Crippen molar-refractivity contribution in [2.45, 2.75) is 17.8 Å². The lowest BCUT2D eigenvalue weighted by Crippen LogP contribution is -2.32. The first kappa shape index (κ1) is 32.3. The largest absolute Gasteiger partial charge is 0.457 e. The fraction of sp³-hybridized carbons (Fsp3) is 0.0566. The number of para-hydroxylation sites is 1. The Kier molecular flexibility index (Phi) is 7.53. The molecule has 11 rings (SSSR count). The third-order valence-electron chi connectivity index (χ3n) is 11.8. The van der Waals surface area contributed by atoms with E-state index in [4.69, 9.17) is 14.7 Å². The van der Waals surface area contributed by atoms with E-state index in [1.807, 2.05) is 6.07 Å². The molecule has 2 aliphatic carbocycles. The molecule has 0 amide bonds. The smallest absolute Gasteiger partial charge is 0.160 e. The summed E-state index contributed by atoms with van der Waals surface area (Å²) in [5, 5.41) is 0. The normalized spacial score (nSPS) is 15.6. The van der Waals surface area contributed by atoms with Crippen molar-refractivity contribution >= 4 is 5.57 Å². The van der Waals surface area contributed by atoms with Gasteiger partial charge in [-0.2, -0.15) is 0 Å². The van der Waals surface area contributed by atoms with Gasteiger partial charge < -0.3 is 4.74 Å². The maximum Gasteiger partial charge on any atom is 0.160 e. The van der Waals surface area contributed by atoms with Crippen LogP contribution in [0.25, 0.3) is 50.5 Å². The predicted octanol–water partition coefficient (Wildman–Crippen LogP) is 13.1. The molecule has 1 atom stereocenters. The molecule has 1 aromatic heterocycles. The van der Waals surface area contributed by atoms with E-state index < -0.39 is 5.41 Å². The number of benzene rings is 7. The fourth-order valence-electron chi connectivity index (χ4n) is 9.23. The summed E-state index contributed by atoms with van der Waals surface area (Å²) in [6, 6.07) is 64.9. The van der Waals surface area contributed by atoms with Crippen molar-refractivity contribution in [1.29, 1.82) is 0 Å². The minimum absolute atomic E-state index is 0.221. The molecule has 0 bridgehead atoms. The van der Waals surface area contributed by atoms with Gasteiger partial charge in [0.15, 0.2) is 5.82 Å². The summed E-state index contributed by atoms with van der Waals surface area (Å²) in [6.07, 6.45) is 7.55. The number of allylic oxidation sites excluding steroid dienone is 4. The average Bonchev–Trinajstić information content (AvgIpc) is 3.57. The molecule has 0 fully saturated rings. The lowest BCUT2D eigenvalue weighted by Gasteiger charge is -2.39. The van der Waals surface area contributed by atoms with E-state index in [0.717, 1.165) is 57.1 Å². The highest BCUT2D eigenvalue weighted by molar-refractivity contribution is 5.89. The van der Waals surface area contributed by atoms with Crippen molar-refractivity contribution in [3.8, 4) is 56.4 Å². The van der Waals surface area contributed by atoms with Crippen molar-refractivity contribution in [1.82, 2.24) is 9.97 Å². The maximum atomic E-state index is 6.79. The predicted molar refractivity (Wildman–Crippen MR) is 227 cm³/mol. The second-order valence-corrected chi connectivity index (χ2v) is 14.8. The molecule has 3 aliphatic rings. The quantitative estimate of drug-likeness (QED) is 0.178. The van der Waals surface area contributed by atoms with E-state index in [-0.39, 0.29) is 5.92 Å². The topological polar surface area (TPSA) is 35.0 Å². The number of hydrogen-bond donors (Lipinski definition) is 0. The van der Waals surface area contributed by atoms with Gasteiger partial charge >= 0.3 is 0 Å². The monoisotopic (exact) mass is 716 g/mol. The number of aromatic nitrogens is 2. The molecule has 3 heteroatoms. The summed E-state index contributed by atoms with van der Waals surface area (Å²) in [5.41, 5.74) is 15.6. The van der Waals surface area contributed by atoms with Gasteiger partial charge in [-0.1, -0.05) is 182 Å². The lowest BCUT2D eigenvalue weighted by molar-refractivity contribution is 0.436. The Hall–Kier alpha value is -7.10. The molecule has 3 nitrogen and oxygen atoms in total. The van der Waals surface area contributed by atoms with Crippen molar-refractivity contribution in [3.05, 3.63) is 234 Å². The number of hydrogen-bond acceptors (Lipinski definition) is 3. The summed E-state index contributed by atoms with van der Waals surface area (Å²) in [5.74, 6) is 2.70. The highest BCUT2D eigenvalue weighted by Gasteiger charge is 2.50. The van der Waals surface area contributed by atoms with E-state index in [9.17, 15) is 0 Å². The molecule has 0 N–H and O–H groups in total. The van der Waals surface area contributed by atoms with Crippen LogP contribution in [0.15, 0.2) is 200 Å². The first-order valence-corrected chi connectivity index (χ1v) is 19.3. The fourth-order valence-corrected chi connectivity index (χ4v) is 9.23. The molecule has 8 aromatic rings. The summed E-state index contributed by atoms with van der Waals surface area (Å²) in [4.78, 5) is 10.4. The number of rotatable bonds is 5. The Morgan fingerprint density at radius 1 is 0.464 bits per heavy atom. The van der Waals surface area contributed by atoms with Gasteiger partial charge in [0.2, 0.25) is 0 Å². The zero-order valence-corrected chi connectivity index (χ0v) is 30.6. The SMILES string of the molecule is C1=CCC(c2ccccc2)C(c2cc(-c3ccccc3)nc(-c3ccc(-c4ccc5c(c4)Oc4ccccc4C54c5ccccc5-c5ccccc54)cc3)n2)=C1. The Morgan fingerprint density at radius 3 is 1.80 bits per heavy atom. The molecule has 1 unspecified atom stereocenters. The van der Waals surface area contributed by atoms with Crippen LogP contribution >= 0.6 is 0 Å². The number of ether oxygens (including phenoxy) is 1. The average molecular weight is 717 g/mol. The molecule has 0 radical (unpaired) electrons. The lowest BCUT2D eigenvalue weighted by atomic mass is 9.66. The summed E-state index contributed by atoms with van der Waals surface area (Å²) < 4.78 is 6.79. The summed E-state index contributed by atoms with van der Waals surface area (Å²) in [6.45, 7) is 0. The van der Waals surface area contributed by atoms with E-state index in [0.29, 0.717) is 5.82 Å². The zero-order chi connectivity index (χ0) is 37.1. The van der Waals surface area contributed by atoms with E-state index in [2.05, 4.69) is 194 Å². The molecule has 0 saturated carbocycles. The minimum atomic E-state index is -0.471. The molecule has 7 aromatic carbocycles. The number of nitrogens with zero attached hydrogens (tertiary/aromatic N) is 2. The third-order valence-corrected chi connectivity index (χ3v) is 11.8. The Bertz CT molecular complexity index is 2810. The first-order chi connectivity index (χ1) is 27.8. The minimum Gasteiger partial charge on any atom is -0.457 e. The van der Waals surface area contributed by atoms with Gasteiger partial charge in [-0.05, 0) is 69.1 Å². The van der Waals surface area contributed by atoms with Crippen molar-refractivity contribution in [2.75, 3.05) is 0 Å². The van der Waals surface area contributed by atoms with Crippen LogP contribution in [0.4, 0.5) is 0 Å². The van der Waals surface area contributed by atoms with Gasteiger partial charge in [-0.25, -0.2) is 9.97 Å². The number of fused-ring (bicyclic) bond motifs is 9. The van der Waals surface area contributed by atoms with E-state index in [1.54, 1.807) is 0 Å². The van der Waals surface area contributed by atoms with Crippen LogP contribution < -0.4 is 4.74 Å². The van der Waals surface area contributed by atoms with Gasteiger partial charge in [-0.3, -0.25) is 0 Å². The Labute approximate surface area is 327 Å². The van der Waals surface area contributed by atoms with Crippen LogP contribution in [0.3, 0.4) is 0 Å². The highest BCUT2D eigenvalue weighted by atomic mass is 16.5. The van der Waals surface area contributed by atoms with Crippen LogP contribution in [0, 0.1) is 0 Å². The van der Waals surface area contributed by atoms with Gasteiger partial charge in [0, 0.05) is 28.2 Å². The van der Waals surface area contributed by atoms with E-state index >= 15 is 0 Å². The molecule has 264 valence electrons. The molecule has 1 spiro atoms. The van der Waals surface area contributed by atoms with Crippen molar-refractivity contribution in [2.24, 2.45) is 0 Å². The summed E-state index contributed by atoms with van der Waals surface area (Å²) >= 11 is 0. The van der Waals surface area contributed by atoms with E-state index in [1.165, 1.54) is 39.0 Å².